The van der Waals surface area contributed by atoms with E-state index in [1.165, 1.54) is 31.4 Å². The number of carbonyl (C=O) groups excluding carboxylic acids is 1. The van der Waals surface area contributed by atoms with E-state index in [2.05, 4.69) is 15.9 Å². The molecule has 5 nitrogen and oxygen atoms in total. The van der Waals surface area contributed by atoms with Crippen LogP contribution in [0.15, 0.2) is 62.4 Å². The first-order valence-electron chi connectivity index (χ1n) is 6.71. The van der Waals surface area contributed by atoms with E-state index in [0.717, 1.165) is 4.47 Å². The summed E-state index contributed by atoms with van der Waals surface area (Å²) in [5.41, 5.74) is 0.00426. The molecule has 6 heteroatoms. The van der Waals surface area contributed by atoms with Crippen LogP contribution in [-0.2, 0) is 4.79 Å². The Morgan fingerprint density at radius 2 is 1.91 bits per heavy atom. The normalized spacial score (nSPS) is 10.5. The first-order chi connectivity index (χ1) is 11.0. The maximum Gasteiger partial charge on any atom is 0.308 e. The fourth-order valence-corrected chi connectivity index (χ4v) is 2.40. The van der Waals surface area contributed by atoms with E-state index >= 15 is 0 Å². The highest BCUT2D eigenvalue weighted by atomic mass is 79.9. The van der Waals surface area contributed by atoms with Crippen molar-refractivity contribution in [3.8, 4) is 17.2 Å². The van der Waals surface area contributed by atoms with Crippen LogP contribution in [0.4, 0.5) is 0 Å². The first-order valence-corrected chi connectivity index (χ1v) is 7.50. The highest BCUT2D eigenvalue weighted by molar-refractivity contribution is 9.10. The highest BCUT2D eigenvalue weighted by Crippen LogP contribution is 2.29. The van der Waals surface area contributed by atoms with Gasteiger partial charge in [0.25, 0.3) is 0 Å². The number of halogens is 1. The minimum absolute atomic E-state index is 0.0737. The summed E-state index contributed by atoms with van der Waals surface area (Å²) in [6, 6.07) is 11.7. The fourth-order valence-electron chi connectivity index (χ4n) is 2.04. The van der Waals surface area contributed by atoms with E-state index in [1.807, 2.05) is 12.1 Å². The van der Waals surface area contributed by atoms with Crippen molar-refractivity contribution < 1.29 is 18.7 Å². The van der Waals surface area contributed by atoms with Crippen LogP contribution < -0.4 is 14.9 Å². The Labute approximate surface area is 139 Å². The summed E-state index contributed by atoms with van der Waals surface area (Å²) in [6.07, 6.45) is 1.24. The van der Waals surface area contributed by atoms with Gasteiger partial charge in [-0.15, -0.1) is 0 Å². The summed E-state index contributed by atoms with van der Waals surface area (Å²) in [4.78, 5) is 23.4. The number of carbonyl (C=O) groups is 1. The predicted octanol–water partition coefficient (Wildman–Crippen LogP) is 4.27. The van der Waals surface area contributed by atoms with Gasteiger partial charge in [0.15, 0.2) is 0 Å². The molecule has 0 aliphatic carbocycles. The highest BCUT2D eigenvalue weighted by Gasteiger charge is 2.12. The molecule has 0 atom stereocenters. The summed E-state index contributed by atoms with van der Waals surface area (Å²) >= 11 is 3.35. The number of ether oxygens (including phenoxy) is 2. The Balaban J connectivity index is 2.01. The maximum absolute atomic E-state index is 12.5. The molecule has 3 rings (SSSR count). The summed E-state index contributed by atoms with van der Waals surface area (Å²) in [6.45, 7) is 1.30. The lowest BCUT2D eigenvalue weighted by molar-refractivity contribution is -0.131. The zero-order chi connectivity index (χ0) is 16.4. The third-order valence-electron chi connectivity index (χ3n) is 3.03. The molecular formula is C17H11BrO5. The van der Waals surface area contributed by atoms with Crippen LogP contribution in [0.3, 0.4) is 0 Å². The van der Waals surface area contributed by atoms with Gasteiger partial charge in [0.05, 0.1) is 9.86 Å². The zero-order valence-electron chi connectivity index (χ0n) is 12.0. The van der Waals surface area contributed by atoms with Gasteiger partial charge in [-0.1, -0.05) is 12.1 Å². The van der Waals surface area contributed by atoms with Gasteiger partial charge in [-0.3, -0.25) is 9.59 Å². The minimum Gasteiger partial charge on any atom is -0.460 e. The molecule has 0 fully saturated rings. The Bertz CT molecular complexity index is 945. The number of rotatable bonds is 3. The molecule has 2 aromatic carbocycles. The summed E-state index contributed by atoms with van der Waals surface area (Å²) in [7, 11) is 0. The van der Waals surface area contributed by atoms with Gasteiger partial charge in [-0.2, -0.15) is 0 Å². The number of hydrogen-bond donors (Lipinski definition) is 0. The number of hydrogen-bond acceptors (Lipinski definition) is 5. The lowest BCUT2D eigenvalue weighted by Crippen LogP contribution is -2.06. The second-order valence-corrected chi connectivity index (χ2v) is 5.57. The van der Waals surface area contributed by atoms with Crippen LogP contribution in [0.1, 0.15) is 6.92 Å². The van der Waals surface area contributed by atoms with Crippen LogP contribution in [0.2, 0.25) is 0 Å². The second-order valence-electron chi connectivity index (χ2n) is 4.71. The van der Waals surface area contributed by atoms with Crippen molar-refractivity contribution >= 4 is 32.9 Å². The second kappa shape index (κ2) is 6.26. The van der Waals surface area contributed by atoms with Crippen molar-refractivity contribution in [2.45, 2.75) is 6.92 Å². The molecule has 0 aliphatic rings. The fraction of sp³-hybridized carbons (Fsp3) is 0.0588. The molecule has 0 aliphatic heterocycles. The monoisotopic (exact) mass is 374 g/mol. The van der Waals surface area contributed by atoms with Crippen molar-refractivity contribution in [2.75, 3.05) is 0 Å². The SMILES string of the molecule is CC(=O)Oc1ccc2c(=O)c(Oc3ccccc3Br)coc2c1. The molecule has 0 saturated carbocycles. The molecular weight excluding hydrogens is 364 g/mol. The Kier molecular flexibility index (Phi) is 4.16. The molecule has 3 aromatic rings. The number of benzene rings is 2. The van der Waals surface area contributed by atoms with Gasteiger partial charge < -0.3 is 13.9 Å². The molecule has 0 unspecified atom stereocenters. The van der Waals surface area contributed by atoms with Gasteiger partial charge in [-0.25, -0.2) is 0 Å². The summed E-state index contributed by atoms with van der Waals surface area (Å²) in [5.74, 6) is 0.452. The molecule has 0 radical (unpaired) electrons. The minimum atomic E-state index is -0.444. The molecule has 0 N–H and O–H groups in total. The molecule has 116 valence electrons. The lowest BCUT2D eigenvalue weighted by Gasteiger charge is -2.07. The summed E-state index contributed by atoms with van der Waals surface area (Å²) in [5, 5.41) is 0.338. The van der Waals surface area contributed by atoms with Gasteiger partial charge >= 0.3 is 5.97 Å². The molecule has 0 spiro atoms. The smallest absolute Gasteiger partial charge is 0.308 e. The predicted molar refractivity (Wildman–Crippen MR) is 88.0 cm³/mol. The van der Waals surface area contributed by atoms with Crippen LogP contribution in [0, 0.1) is 0 Å². The van der Waals surface area contributed by atoms with Crippen molar-refractivity contribution in [3.63, 3.8) is 0 Å². The first kappa shape index (κ1) is 15.3. The average Bonchev–Trinajstić information content (AvgIpc) is 2.51. The molecule has 1 heterocycles. The molecule has 23 heavy (non-hydrogen) atoms. The molecule has 0 saturated heterocycles. The Morgan fingerprint density at radius 3 is 2.65 bits per heavy atom. The van der Waals surface area contributed by atoms with Gasteiger partial charge in [-0.05, 0) is 40.2 Å². The summed E-state index contributed by atoms with van der Waals surface area (Å²) < 4.78 is 16.7. The van der Waals surface area contributed by atoms with Crippen molar-refractivity contribution in [3.05, 3.63) is 63.4 Å². The third kappa shape index (κ3) is 3.27. The average molecular weight is 375 g/mol. The number of para-hydroxylation sites is 1. The van der Waals surface area contributed by atoms with Gasteiger partial charge in [0.1, 0.15) is 23.3 Å². The topological polar surface area (TPSA) is 65.7 Å². The van der Waals surface area contributed by atoms with Crippen molar-refractivity contribution in [1.82, 2.24) is 0 Å². The Morgan fingerprint density at radius 1 is 1.13 bits per heavy atom. The third-order valence-corrected chi connectivity index (χ3v) is 3.69. The van der Waals surface area contributed by atoms with E-state index in [9.17, 15) is 9.59 Å². The van der Waals surface area contributed by atoms with Crippen LogP contribution in [0.5, 0.6) is 17.2 Å². The largest absolute Gasteiger partial charge is 0.460 e. The standard InChI is InChI=1S/C17H11BrO5/c1-10(19)22-11-6-7-12-15(8-11)21-9-16(17(12)20)23-14-5-3-2-4-13(14)18/h2-9H,1H3. The molecule has 1 aromatic heterocycles. The van der Waals surface area contributed by atoms with E-state index in [1.54, 1.807) is 12.1 Å². The lowest BCUT2D eigenvalue weighted by atomic mass is 10.2. The quantitative estimate of drug-likeness (QED) is 0.505. The van der Waals surface area contributed by atoms with Crippen molar-refractivity contribution in [1.29, 1.82) is 0 Å². The van der Waals surface area contributed by atoms with E-state index in [-0.39, 0.29) is 11.2 Å². The van der Waals surface area contributed by atoms with Crippen LogP contribution in [0.25, 0.3) is 11.0 Å². The van der Waals surface area contributed by atoms with E-state index in [0.29, 0.717) is 22.5 Å². The van der Waals surface area contributed by atoms with Crippen LogP contribution >= 0.6 is 15.9 Å². The zero-order valence-corrected chi connectivity index (χ0v) is 13.6. The number of esters is 1. The van der Waals surface area contributed by atoms with E-state index in [4.69, 9.17) is 13.9 Å². The van der Waals surface area contributed by atoms with E-state index < -0.39 is 5.97 Å². The van der Waals surface area contributed by atoms with Gasteiger partial charge in [0, 0.05) is 13.0 Å². The van der Waals surface area contributed by atoms with Crippen LogP contribution in [-0.4, -0.2) is 5.97 Å². The molecule has 0 amide bonds. The maximum atomic E-state index is 12.5. The Hall–Kier alpha value is -2.60. The van der Waals surface area contributed by atoms with Crippen molar-refractivity contribution in [2.24, 2.45) is 0 Å². The molecule has 0 bridgehead atoms. The number of fused-ring (bicyclic) bond motifs is 1. The van der Waals surface area contributed by atoms with Gasteiger partial charge in [0.2, 0.25) is 11.2 Å².